The molecule has 1 atom stereocenters. The van der Waals surface area contributed by atoms with Gasteiger partial charge in [-0.25, -0.2) is 9.97 Å². The zero-order chi connectivity index (χ0) is 14.7. The van der Waals surface area contributed by atoms with E-state index in [9.17, 15) is 4.79 Å². The van der Waals surface area contributed by atoms with Crippen LogP contribution in [0.4, 0.5) is 0 Å². The Morgan fingerprint density at radius 2 is 2.00 bits per heavy atom. The quantitative estimate of drug-likeness (QED) is 0.840. The maximum Gasteiger partial charge on any atom is 0.316 e. The van der Waals surface area contributed by atoms with Crippen molar-refractivity contribution in [3.8, 4) is 6.01 Å². The van der Waals surface area contributed by atoms with E-state index in [0.29, 0.717) is 12.6 Å². The van der Waals surface area contributed by atoms with E-state index >= 15 is 0 Å². The Kier molecular flexibility index (Phi) is 4.34. The van der Waals surface area contributed by atoms with Crippen molar-refractivity contribution in [2.24, 2.45) is 0 Å². The average molecular weight is 291 g/mol. The fourth-order valence-corrected chi connectivity index (χ4v) is 2.76. The first-order chi connectivity index (χ1) is 10.2. The molecule has 2 aliphatic rings. The summed E-state index contributed by atoms with van der Waals surface area (Å²) in [7, 11) is 0. The first-order valence-electron chi connectivity index (χ1n) is 7.58. The average Bonchev–Trinajstić information content (AvgIpc) is 3.04. The van der Waals surface area contributed by atoms with Gasteiger partial charge in [-0.15, -0.1) is 0 Å². The molecule has 1 aromatic heterocycles. The van der Waals surface area contributed by atoms with Gasteiger partial charge in [0, 0.05) is 44.9 Å². The van der Waals surface area contributed by atoms with E-state index in [2.05, 4.69) is 9.97 Å². The van der Waals surface area contributed by atoms with Crippen LogP contribution in [0.1, 0.15) is 31.2 Å². The maximum atomic E-state index is 12.2. The molecule has 0 saturated carbocycles. The van der Waals surface area contributed by atoms with E-state index < -0.39 is 0 Å². The smallest absolute Gasteiger partial charge is 0.316 e. The number of ether oxygens (including phenoxy) is 2. The van der Waals surface area contributed by atoms with Crippen LogP contribution in [0.15, 0.2) is 12.4 Å². The Morgan fingerprint density at radius 1 is 1.29 bits per heavy atom. The van der Waals surface area contributed by atoms with Crippen LogP contribution in [0.25, 0.3) is 0 Å². The molecule has 2 aliphatic heterocycles. The van der Waals surface area contributed by atoms with Crippen LogP contribution in [0.5, 0.6) is 6.01 Å². The number of carbonyl (C=O) groups excluding carboxylic acids is 1. The van der Waals surface area contributed by atoms with Crippen molar-refractivity contribution in [1.29, 1.82) is 0 Å². The fourth-order valence-electron chi connectivity index (χ4n) is 2.76. The summed E-state index contributed by atoms with van der Waals surface area (Å²) in [6.45, 7) is 4.09. The second-order valence-corrected chi connectivity index (χ2v) is 5.69. The lowest BCUT2D eigenvalue weighted by atomic mass is 10.1. The predicted molar refractivity (Wildman–Crippen MR) is 76.0 cm³/mol. The summed E-state index contributed by atoms with van der Waals surface area (Å²) in [5, 5.41) is 0. The molecule has 0 bridgehead atoms. The maximum absolute atomic E-state index is 12.2. The van der Waals surface area contributed by atoms with Crippen LogP contribution in [0.2, 0.25) is 0 Å². The molecule has 21 heavy (non-hydrogen) atoms. The number of nitrogens with zero attached hydrogens (tertiary/aromatic N) is 3. The van der Waals surface area contributed by atoms with Gasteiger partial charge in [0.1, 0.15) is 12.2 Å². The molecule has 6 nitrogen and oxygen atoms in total. The number of hydrogen-bond donors (Lipinski definition) is 0. The Labute approximate surface area is 124 Å². The highest BCUT2D eigenvalue weighted by molar-refractivity contribution is 5.81. The van der Waals surface area contributed by atoms with Gasteiger partial charge in [-0.1, -0.05) is 0 Å². The van der Waals surface area contributed by atoms with Crippen molar-refractivity contribution in [1.82, 2.24) is 14.9 Å². The van der Waals surface area contributed by atoms with E-state index in [1.807, 2.05) is 11.8 Å². The number of carbonyl (C=O) groups is 1. The van der Waals surface area contributed by atoms with Crippen LogP contribution in [0.3, 0.4) is 0 Å². The Hall–Kier alpha value is -1.69. The van der Waals surface area contributed by atoms with E-state index in [-0.39, 0.29) is 18.1 Å². The van der Waals surface area contributed by atoms with Crippen LogP contribution in [-0.4, -0.2) is 52.7 Å². The molecule has 3 rings (SSSR count). The zero-order valence-electron chi connectivity index (χ0n) is 12.3. The largest absolute Gasteiger partial charge is 0.460 e. The third-order valence-corrected chi connectivity index (χ3v) is 3.99. The lowest BCUT2D eigenvalue weighted by molar-refractivity contribution is -0.142. The number of hydrogen-bond acceptors (Lipinski definition) is 5. The summed E-state index contributed by atoms with van der Waals surface area (Å²) < 4.78 is 11.2. The van der Waals surface area contributed by atoms with Gasteiger partial charge >= 0.3 is 6.01 Å². The standard InChI is InChI=1S/C15H21N3O3/c1-11-9-16-15(17-10-11)21-12-4-6-18(7-5-12)14(19)13-3-2-8-20-13/h9-10,12-13H,2-8H2,1H3. The molecule has 1 aromatic rings. The van der Waals surface area contributed by atoms with Gasteiger partial charge in [0.2, 0.25) is 0 Å². The van der Waals surface area contributed by atoms with E-state index in [1.54, 1.807) is 12.4 Å². The fraction of sp³-hybridized carbons (Fsp3) is 0.667. The summed E-state index contributed by atoms with van der Waals surface area (Å²) in [5.41, 5.74) is 1.01. The molecular weight excluding hydrogens is 270 g/mol. The number of rotatable bonds is 3. The van der Waals surface area contributed by atoms with Crippen molar-refractivity contribution < 1.29 is 14.3 Å². The normalized spacial score (nSPS) is 23.3. The van der Waals surface area contributed by atoms with Gasteiger partial charge in [0.25, 0.3) is 5.91 Å². The molecule has 1 unspecified atom stereocenters. The Bertz CT molecular complexity index is 477. The molecule has 0 N–H and O–H groups in total. The van der Waals surface area contributed by atoms with Gasteiger partial charge in [-0.2, -0.15) is 0 Å². The molecule has 2 saturated heterocycles. The second-order valence-electron chi connectivity index (χ2n) is 5.69. The van der Waals surface area contributed by atoms with Crippen molar-refractivity contribution in [3.63, 3.8) is 0 Å². The minimum atomic E-state index is -0.220. The first-order valence-corrected chi connectivity index (χ1v) is 7.58. The topological polar surface area (TPSA) is 64.5 Å². The molecule has 0 aliphatic carbocycles. The molecule has 0 aromatic carbocycles. The van der Waals surface area contributed by atoms with Crippen LogP contribution in [-0.2, 0) is 9.53 Å². The Balaban J connectivity index is 1.48. The van der Waals surface area contributed by atoms with Crippen molar-refractivity contribution in [2.45, 2.75) is 44.8 Å². The highest BCUT2D eigenvalue weighted by atomic mass is 16.5. The monoisotopic (exact) mass is 291 g/mol. The molecular formula is C15H21N3O3. The van der Waals surface area contributed by atoms with E-state index in [4.69, 9.17) is 9.47 Å². The molecule has 6 heteroatoms. The molecule has 3 heterocycles. The minimum Gasteiger partial charge on any atom is -0.460 e. The van der Waals surface area contributed by atoms with Gasteiger partial charge < -0.3 is 14.4 Å². The second kappa shape index (κ2) is 6.39. The number of amides is 1. The van der Waals surface area contributed by atoms with Crippen LogP contribution in [0, 0.1) is 6.92 Å². The van der Waals surface area contributed by atoms with Crippen LogP contribution < -0.4 is 4.74 Å². The minimum absolute atomic E-state index is 0.0845. The number of aromatic nitrogens is 2. The molecule has 1 amide bonds. The number of aryl methyl sites for hydroxylation is 1. The van der Waals surface area contributed by atoms with Gasteiger partial charge in [0.15, 0.2) is 0 Å². The lowest BCUT2D eigenvalue weighted by Crippen LogP contribution is -2.46. The number of piperidine rings is 1. The third-order valence-electron chi connectivity index (χ3n) is 3.99. The zero-order valence-corrected chi connectivity index (χ0v) is 12.3. The van der Waals surface area contributed by atoms with Gasteiger partial charge in [-0.3, -0.25) is 4.79 Å². The molecule has 2 fully saturated rings. The highest BCUT2D eigenvalue weighted by Crippen LogP contribution is 2.20. The Morgan fingerprint density at radius 3 is 2.62 bits per heavy atom. The van der Waals surface area contributed by atoms with Crippen molar-refractivity contribution in [3.05, 3.63) is 18.0 Å². The van der Waals surface area contributed by atoms with Crippen LogP contribution >= 0.6 is 0 Å². The summed E-state index contributed by atoms with van der Waals surface area (Å²) in [6.07, 6.45) is 6.83. The van der Waals surface area contributed by atoms with E-state index in [0.717, 1.165) is 44.3 Å². The molecule has 0 radical (unpaired) electrons. The predicted octanol–water partition coefficient (Wildman–Crippen LogP) is 1.33. The van der Waals surface area contributed by atoms with Gasteiger partial charge in [-0.05, 0) is 25.3 Å². The van der Waals surface area contributed by atoms with E-state index in [1.165, 1.54) is 0 Å². The van der Waals surface area contributed by atoms with Gasteiger partial charge in [0.05, 0.1) is 0 Å². The molecule has 114 valence electrons. The highest BCUT2D eigenvalue weighted by Gasteiger charge is 2.31. The third kappa shape index (κ3) is 3.50. The summed E-state index contributed by atoms with van der Waals surface area (Å²) in [4.78, 5) is 22.4. The lowest BCUT2D eigenvalue weighted by Gasteiger charge is -2.32. The van der Waals surface area contributed by atoms with Crippen molar-refractivity contribution >= 4 is 5.91 Å². The number of likely N-dealkylation sites (tertiary alicyclic amines) is 1. The first kappa shape index (κ1) is 14.3. The summed E-state index contributed by atoms with van der Waals surface area (Å²) in [6, 6.07) is 0.421. The summed E-state index contributed by atoms with van der Waals surface area (Å²) in [5.74, 6) is 0.137. The summed E-state index contributed by atoms with van der Waals surface area (Å²) >= 11 is 0. The SMILES string of the molecule is Cc1cnc(OC2CCN(C(=O)C3CCCO3)CC2)nc1. The molecule has 0 spiro atoms. The van der Waals surface area contributed by atoms with Crippen molar-refractivity contribution in [2.75, 3.05) is 19.7 Å².